The molecule has 3 N–H and O–H groups in total. The Morgan fingerprint density at radius 2 is 2.16 bits per heavy atom. The topological polar surface area (TPSA) is 87.7 Å². The van der Waals surface area contributed by atoms with Gasteiger partial charge in [-0.2, -0.15) is 0 Å². The highest BCUT2D eigenvalue weighted by Gasteiger charge is 2.13. The first-order valence-electron chi connectivity index (χ1n) is 5.98. The van der Waals surface area contributed by atoms with E-state index in [9.17, 15) is 9.59 Å². The average molecular weight is 266 g/mol. The number of urea groups is 1. The van der Waals surface area contributed by atoms with Crippen LogP contribution in [-0.4, -0.2) is 30.3 Å². The molecule has 0 bridgehead atoms. The SMILES string of the molecule is CCC(CC(=O)O)NC(=O)Nc1cccc(OC)c1. The molecule has 2 amide bonds. The first-order valence-corrected chi connectivity index (χ1v) is 5.98. The van der Waals surface area contributed by atoms with Gasteiger partial charge < -0.3 is 20.5 Å². The van der Waals surface area contributed by atoms with Gasteiger partial charge in [0.2, 0.25) is 0 Å². The molecule has 1 rings (SSSR count). The van der Waals surface area contributed by atoms with Crippen molar-refractivity contribution in [3.63, 3.8) is 0 Å². The van der Waals surface area contributed by atoms with Gasteiger partial charge in [0.1, 0.15) is 5.75 Å². The van der Waals surface area contributed by atoms with Crippen LogP contribution in [0.25, 0.3) is 0 Å². The minimum atomic E-state index is -0.937. The Morgan fingerprint density at radius 1 is 1.42 bits per heavy atom. The Morgan fingerprint density at radius 3 is 2.74 bits per heavy atom. The standard InChI is InChI=1S/C13H18N2O4/c1-3-9(8-12(16)17)14-13(18)15-10-5-4-6-11(7-10)19-2/h4-7,9H,3,8H2,1-2H3,(H,16,17)(H2,14,15,18). The molecule has 0 aliphatic carbocycles. The van der Waals surface area contributed by atoms with Gasteiger partial charge in [-0.3, -0.25) is 4.79 Å². The number of rotatable bonds is 6. The van der Waals surface area contributed by atoms with E-state index in [0.717, 1.165) is 0 Å². The molecule has 0 fully saturated rings. The zero-order chi connectivity index (χ0) is 14.3. The fraction of sp³-hybridized carbons (Fsp3) is 0.385. The van der Waals surface area contributed by atoms with Crippen molar-refractivity contribution in [3.05, 3.63) is 24.3 Å². The molecule has 0 saturated heterocycles. The zero-order valence-corrected chi connectivity index (χ0v) is 11.0. The summed E-state index contributed by atoms with van der Waals surface area (Å²) >= 11 is 0. The highest BCUT2D eigenvalue weighted by Crippen LogP contribution is 2.16. The fourth-order valence-electron chi connectivity index (χ4n) is 1.56. The number of carboxylic acids is 1. The van der Waals surface area contributed by atoms with Crippen molar-refractivity contribution in [1.82, 2.24) is 5.32 Å². The number of benzene rings is 1. The normalized spacial score (nSPS) is 11.5. The molecule has 0 saturated carbocycles. The summed E-state index contributed by atoms with van der Waals surface area (Å²) < 4.78 is 5.04. The first-order chi connectivity index (χ1) is 9.05. The maximum absolute atomic E-state index is 11.7. The number of hydrogen-bond acceptors (Lipinski definition) is 3. The molecule has 1 atom stereocenters. The molecule has 6 nitrogen and oxygen atoms in total. The van der Waals surface area contributed by atoms with E-state index in [1.807, 2.05) is 6.92 Å². The average Bonchev–Trinajstić information content (AvgIpc) is 2.37. The third-order valence-electron chi connectivity index (χ3n) is 2.58. The van der Waals surface area contributed by atoms with Crippen LogP contribution in [0.3, 0.4) is 0 Å². The van der Waals surface area contributed by atoms with Crippen LogP contribution < -0.4 is 15.4 Å². The van der Waals surface area contributed by atoms with Crippen LogP contribution in [0.4, 0.5) is 10.5 Å². The van der Waals surface area contributed by atoms with Crippen LogP contribution in [-0.2, 0) is 4.79 Å². The lowest BCUT2D eigenvalue weighted by Gasteiger charge is -2.15. The number of hydrogen-bond donors (Lipinski definition) is 3. The molecular formula is C13H18N2O4. The molecule has 104 valence electrons. The van der Waals surface area contributed by atoms with E-state index in [4.69, 9.17) is 9.84 Å². The van der Waals surface area contributed by atoms with Crippen molar-refractivity contribution < 1.29 is 19.4 Å². The molecule has 1 aromatic rings. The first kappa shape index (κ1) is 14.8. The second kappa shape index (κ2) is 7.25. The molecule has 0 aliphatic rings. The van der Waals surface area contributed by atoms with Gasteiger partial charge in [-0.1, -0.05) is 13.0 Å². The number of aliphatic carboxylic acids is 1. The third kappa shape index (κ3) is 5.29. The van der Waals surface area contributed by atoms with Gasteiger partial charge in [0, 0.05) is 17.8 Å². The van der Waals surface area contributed by atoms with Crippen LogP contribution in [0.1, 0.15) is 19.8 Å². The van der Waals surface area contributed by atoms with Gasteiger partial charge in [-0.05, 0) is 18.6 Å². The molecule has 1 unspecified atom stereocenters. The minimum absolute atomic E-state index is 0.0952. The Kier molecular flexibility index (Phi) is 5.66. The van der Waals surface area contributed by atoms with Gasteiger partial charge in [0.15, 0.2) is 0 Å². The van der Waals surface area contributed by atoms with E-state index in [1.165, 1.54) is 0 Å². The highest BCUT2D eigenvalue weighted by atomic mass is 16.5. The Hall–Kier alpha value is -2.24. The fourth-order valence-corrected chi connectivity index (χ4v) is 1.56. The second-order valence-corrected chi connectivity index (χ2v) is 4.03. The highest BCUT2D eigenvalue weighted by molar-refractivity contribution is 5.89. The van der Waals surface area contributed by atoms with Crippen LogP contribution in [0.2, 0.25) is 0 Å². The van der Waals surface area contributed by atoms with E-state index in [1.54, 1.807) is 31.4 Å². The summed E-state index contributed by atoms with van der Waals surface area (Å²) in [7, 11) is 1.54. The Labute approximate surface area is 111 Å². The lowest BCUT2D eigenvalue weighted by Crippen LogP contribution is -2.38. The molecule has 0 aliphatic heterocycles. The summed E-state index contributed by atoms with van der Waals surface area (Å²) in [6, 6.07) is 6.10. The number of carboxylic acid groups (broad SMARTS) is 1. The maximum atomic E-state index is 11.7. The van der Waals surface area contributed by atoms with Crippen molar-refractivity contribution in [3.8, 4) is 5.75 Å². The van der Waals surface area contributed by atoms with Crippen LogP contribution in [0, 0.1) is 0 Å². The van der Waals surface area contributed by atoms with E-state index in [2.05, 4.69) is 10.6 Å². The summed E-state index contributed by atoms with van der Waals surface area (Å²) in [5, 5.41) is 13.9. The minimum Gasteiger partial charge on any atom is -0.497 e. The van der Waals surface area contributed by atoms with Crippen molar-refractivity contribution in [2.24, 2.45) is 0 Å². The van der Waals surface area contributed by atoms with Gasteiger partial charge in [-0.15, -0.1) is 0 Å². The number of anilines is 1. The Balaban J connectivity index is 2.56. The summed E-state index contributed by atoms with van der Waals surface area (Å²) in [6.45, 7) is 1.82. The molecule has 1 aromatic carbocycles. The number of ether oxygens (including phenoxy) is 1. The number of nitrogens with one attached hydrogen (secondary N) is 2. The predicted octanol–water partition coefficient (Wildman–Crippen LogP) is 2.07. The molecule has 0 aromatic heterocycles. The van der Waals surface area contributed by atoms with Crippen LogP contribution in [0.5, 0.6) is 5.75 Å². The molecule has 0 radical (unpaired) electrons. The van der Waals surface area contributed by atoms with Crippen molar-refractivity contribution in [2.75, 3.05) is 12.4 Å². The van der Waals surface area contributed by atoms with Crippen molar-refractivity contribution >= 4 is 17.7 Å². The Bertz CT molecular complexity index is 448. The molecule has 6 heteroatoms. The summed E-state index contributed by atoms with van der Waals surface area (Å²) in [4.78, 5) is 22.3. The number of carbonyl (C=O) groups excluding carboxylic acids is 1. The van der Waals surface area contributed by atoms with E-state index in [0.29, 0.717) is 17.9 Å². The number of carbonyl (C=O) groups is 2. The van der Waals surface area contributed by atoms with E-state index in [-0.39, 0.29) is 12.5 Å². The quantitative estimate of drug-likeness (QED) is 0.735. The van der Waals surface area contributed by atoms with Crippen molar-refractivity contribution in [1.29, 1.82) is 0 Å². The maximum Gasteiger partial charge on any atom is 0.319 e. The van der Waals surface area contributed by atoms with Crippen LogP contribution in [0.15, 0.2) is 24.3 Å². The van der Waals surface area contributed by atoms with Crippen molar-refractivity contribution in [2.45, 2.75) is 25.8 Å². The van der Waals surface area contributed by atoms with E-state index >= 15 is 0 Å². The summed E-state index contributed by atoms with van der Waals surface area (Å²) in [6.07, 6.45) is 0.458. The molecule has 0 spiro atoms. The van der Waals surface area contributed by atoms with Crippen LogP contribution >= 0.6 is 0 Å². The number of amides is 2. The molecule has 0 heterocycles. The monoisotopic (exact) mass is 266 g/mol. The summed E-state index contributed by atoms with van der Waals surface area (Å²) in [5.74, 6) is -0.302. The summed E-state index contributed by atoms with van der Waals surface area (Å²) in [5.41, 5.74) is 0.585. The molecule has 19 heavy (non-hydrogen) atoms. The second-order valence-electron chi connectivity index (χ2n) is 4.03. The third-order valence-corrected chi connectivity index (χ3v) is 2.58. The zero-order valence-electron chi connectivity index (χ0n) is 11.0. The van der Waals surface area contributed by atoms with Gasteiger partial charge in [-0.25, -0.2) is 4.79 Å². The van der Waals surface area contributed by atoms with E-state index < -0.39 is 12.0 Å². The lowest BCUT2D eigenvalue weighted by atomic mass is 10.1. The van der Waals surface area contributed by atoms with Gasteiger partial charge >= 0.3 is 12.0 Å². The molecular weight excluding hydrogens is 248 g/mol. The van der Waals surface area contributed by atoms with Gasteiger partial charge in [0.25, 0.3) is 0 Å². The number of methoxy groups -OCH3 is 1. The lowest BCUT2D eigenvalue weighted by molar-refractivity contribution is -0.137. The van der Waals surface area contributed by atoms with Gasteiger partial charge in [0.05, 0.1) is 13.5 Å². The predicted molar refractivity (Wildman–Crippen MR) is 71.5 cm³/mol. The smallest absolute Gasteiger partial charge is 0.319 e. The largest absolute Gasteiger partial charge is 0.497 e.